The summed E-state index contributed by atoms with van der Waals surface area (Å²) in [6.07, 6.45) is 3.36. The molecule has 0 aliphatic heterocycles. The third kappa shape index (κ3) is 10.9. The molecule has 0 heterocycles. The zero-order chi connectivity index (χ0) is 9.94. The Kier molecular flexibility index (Phi) is 11.9. The molecule has 0 amide bonds. The molecule has 1 unspecified atom stereocenters. The van der Waals surface area contributed by atoms with Crippen molar-refractivity contribution in [2.24, 2.45) is 0 Å². The van der Waals surface area contributed by atoms with Crippen molar-refractivity contribution in [1.29, 1.82) is 0 Å². The minimum Gasteiger partial charge on any atom is -0.355 e. The van der Waals surface area contributed by atoms with Crippen LogP contribution in [0.1, 0.15) is 33.1 Å². The van der Waals surface area contributed by atoms with E-state index in [0.717, 1.165) is 30.1 Å². The number of ether oxygens (including phenoxy) is 2. The van der Waals surface area contributed by atoms with Crippen molar-refractivity contribution in [2.45, 2.75) is 37.2 Å². The maximum atomic E-state index is 5.81. The lowest BCUT2D eigenvalue weighted by atomic mass is 10.2. The average Bonchev–Trinajstić information content (AvgIpc) is 2.16. The van der Waals surface area contributed by atoms with Gasteiger partial charge in [-0.25, -0.2) is 0 Å². The molecular formula is C9H19ClMgO2. The molecule has 0 bridgehead atoms. The van der Waals surface area contributed by atoms with Gasteiger partial charge in [0.05, 0.1) is 0 Å². The summed E-state index contributed by atoms with van der Waals surface area (Å²) >= 11 is -0.324. The van der Waals surface area contributed by atoms with Crippen LogP contribution in [0.2, 0.25) is 4.05 Å². The minimum atomic E-state index is -0.324. The Morgan fingerprint density at radius 1 is 1.31 bits per heavy atom. The monoisotopic (exact) mass is 218 g/mol. The summed E-state index contributed by atoms with van der Waals surface area (Å²) in [4.78, 5) is 0. The normalized spacial score (nSPS) is 12.5. The second kappa shape index (κ2) is 11.1. The maximum Gasteiger partial charge on any atom is 0.504 e. The molecular weight excluding hydrogens is 200 g/mol. The molecule has 0 aromatic rings. The molecule has 0 saturated heterocycles. The van der Waals surface area contributed by atoms with E-state index in [4.69, 9.17) is 18.5 Å². The van der Waals surface area contributed by atoms with Crippen LogP contribution in [0.15, 0.2) is 0 Å². The third-order valence-corrected chi connectivity index (χ3v) is 4.28. The summed E-state index contributed by atoms with van der Waals surface area (Å²) < 4.78 is 11.2. The number of hydrogen-bond acceptors (Lipinski definition) is 2. The van der Waals surface area contributed by atoms with Crippen LogP contribution >= 0.6 is 9.07 Å². The predicted octanol–water partition coefficient (Wildman–Crippen LogP) is 2.83. The molecule has 0 aliphatic rings. The van der Waals surface area contributed by atoms with Gasteiger partial charge in [0.25, 0.3) is 0 Å². The summed E-state index contributed by atoms with van der Waals surface area (Å²) in [7, 11) is 5.81. The molecule has 0 saturated carbocycles. The molecule has 1 atom stereocenters. The van der Waals surface area contributed by atoms with Crippen molar-refractivity contribution in [1.82, 2.24) is 0 Å². The highest BCUT2D eigenvalue weighted by molar-refractivity contribution is 6.94. The van der Waals surface area contributed by atoms with Gasteiger partial charge in [0.1, 0.15) is 6.79 Å². The Bertz CT molecular complexity index is 104. The molecule has 0 aromatic heterocycles. The molecule has 0 N–H and O–H groups in total. The molecule has 4 heteroatoms. The SMILES string of the molecule is CCCOCOCCC[CH](C)[Mg][Cl]. The third-order valence-electron chi connectivity index (χ3n) is 1.76. The largest absolute Gasteiger partial charge is 0.504 e. The fraction of sp³-hybridized carbons (Fsp3) is 1.00. The van der Waals surface area contributed by atoms with Gasteiger partial charge in [0.15, 0.2) is 0 Å². The highest BCUT2D eigenvalue weighted by Gasteiger charge is 2.03. The standard InChI is InChI=1S/C9H19O2.ClH.Mg/c1-3-5-6-8-11-9-10-7-4-2;;/h3H,4-9H2,1-2H3;1H;/q;;+1/p-1. The Morgan fingerprint density at radius 3 is 2.62 bits per heavy atom. The van der Waals surface area contributed by atoms with Gasteiger partial charge in [-0.05, 0) is 12.8 Å². The summed E-state index contributed by atoms with van der Waals surface area (Å²) in [6.45, 7) is 6.35. The van der Waals surface area contributed by atoms with Gasteiger partial charge in [-0.3, -0.25) is 0 Å². The molecule has 0 radical (unpaired) electrons. The van der Waals surface area contributed by atoms with Crippen molar-refractivity contribution >= 4 is 28.3 Å². The number of rotatable bonds is 9. The van der Waals surface area contributed by atoms with Crippen molar-refractivity contribution in [3.8, 4) is 0 Å². The first-order valence-electron chi connectivity index (χ1n) is 5.02. The van der Waals surface area contributed by atoms with Gasteiger partial charge < -0.3 is 18.5 Å². The van der Waals surface area contributed by atoms with Crippen LogP contribution in [-0.4, -0.2) is 39.3 Å². The first-order chi connectivity index (χ1) is 6.31. The fourth-order valence-electron chi connectivity index (χ4n) is 0.932. The lowest BCUT2D eigenvalue weighted by molar-refractivity contribution is -0.0543. The van der Waals surface area contributed by atoms with Gasteiger partial charge >= 0.3 is 19.3 Å². The first kappa shape index (κ1) is 14.0. The van der Waals surface area contributed by atoms with E-state index < -0.39 is 0 Å². The van der Waals surface area contributed by atoms with E-state index in [-0.39, 0.29) is 19.3 Å². The first-order valence-corrected chi connectivity index (χ1v) is 7.98. The summed E-state index contributed by atoms with van der Waals surface area (Å²) in [6, 6.07) is 0. The smallest absolute Gasteiger partial charge is 0.355 e. The summed E-state index contributed by atoms with van der Waals surface area (Å²) in [5.74, 6) is 0. The van der Waals surface area contributed by atoms with E-state index in [9.17, 15) is 0 Å². The quantitative estimate of drug-likeness (QED) is 0.337. The van der Waals surface area contributed by atoms with Gasteiger partial charge in [-0.15, -0.1) is 4.05 Å². The molecule has 0 aromatic carbocycles. The molecule has 0 spiro atoms. The van der Waals surface area contributed by atoms with Crippen molar-refractivity contribution in [3.63, 3.8) is 0 Å². The van der Waals surface area contributed by atoms with Crippen LogP contribution in [0.25, 0.3) is 0 Å². The lowest BCUT2D eigenvalue weighted by Gasteiger charge is -2.07. The Hall–Kier alpha value is 0.976. The van der Waals surface area contributed by atoms with E-state index in [2.05, 4.69) is 13.8 Å². The number of hydrogen-bond donors (Lipinski definition) is 0. The molecule has 0 fully saturated rings. The van der Waals surface area contributed by atoms with Crippen LogP contribution in [0.4, 0.5) is 0 Å². The zero-order valence-corrected chi connectivity index (χ0v) is 10.9. The van der Waals surface area contributed by atoms with Crippen LogP contribution in [0, 0.1) is 0 Å². The molecule has 2 nitrogen and oxygen atoms in total. The van der Waals surface area contributed by atoms with Crippen LogP contribution in [-0.2, 0) is 9.47 Å². The van der Waals surface area contributed by atoms with E-state index in [1.54, 1.807) is 0 Å². The minimum absolute atomic E-state index is 0.324. The van der Waals surface area contributed by atoms with E-state index in [1.165, 1.54) is 6.42 Å². The van der Waals surface area contributed by atoms with Gasteiger partial charge in [0, 0.05) is 13.2 Å². The van der Waals surface area contributed by atoms with Crippen molar-refractivity contribution in [3.05, 3.63) is 0 Å². The van der Waals surface area contributed by atoms with Crippen molar-refractivity contribution in [2.75, 3.05) is 20.0 Å². The lowest BCUT2D eigenvalue weighted by Crippen LogP contribution is -2.03. The Balaban J connectivity index is 2.91. The average molecular weight is 219 g/mol. The zero-order valence-electron chi connectivity index (χ0n) is 8.72. The highest BCUT2D eigenvalue weighted by atomic mass is 35.5. The second-order valence-electron chi connectivity index (χ2n) is 3.34. The maximum absolute atomic E-state index is 5.81. The van der Waals surface area contributed by atoms with E-state index in [1.807, 2.05) is 0 Å². The summed E-state index contributed by atoms with van der Waals surface area (Å²) in [5, 5.41) is 0. The van der Waals surface area contributed by atoms with Crippen LogP contribution < -0.4 is 0 Å². The Labute approximate surface area is 94.8 Å². The predicted molar refractivity (Wildman–Crippen MR) is 57.3 cm³/mol. The van der Waals surface area contributed by atoms with E-state index in [0.29, 0.717) is 6.79 Å². The molecule has 0 aliphatic carbocycles. The van der Waals surface area contributed by atoms with Gasteiger partial charge in [-0.2, -0.15) is 0 Å². The van der Waals surface area contributed by atoms with Gasteiger partial charge in [0.2, 0.25) is 0 Å². The van der Waals surface area contributed by atoms with E-state index >= 15 is 0 Å². The number of halogens is 1. The topological polar surface area (TPSA) is 18.5 Å². The van der Waals surface area contributed by atoms with Gasteiger partial charge in [-0.1, -0.05) is 20.3 Å². The van der Waals surface area contributed by atoms with Crippen LogP contribution in [0.5, 0.6) is 0 Å². The van der Waals surface area contributed by atoms with Crippen LogP contribution in [0.3, 0.4) is 0 Å². The second-order valence-corrected chi connectivity index (χ2v) is 5.96. The molecule has 13 heavy (non-hydrogen) atoms. The fourth-order valence-corrected chi connectivity index (χ4v) is 1.84. The Morgan fingerprint density at radius 2 is 2.00 bits per heavy atom. The molecule has 76 valence electrons. The summed E-state index contributed by atoms with van der Waals surface area (Å²) in [5.41, 5.74) is 0. The van der Waals surface area contributed by atoms with Crippen molar-refractivity contribution < 1.29 is 9.47 Å². The highest BCUT2D eigenvalue weighted by Crippen LogP contribution is 2.11. The molecule has 0 rings (SSSR count).